The van der Waals surface area contributed by atoms with E-state index in [1.54, 1.807) is 12.1 Å². The Morgan fingerprint density at radius 3 is 2.82 bits per heavy atom. The normalized spacial score (nSPS) is 15.8. The number of carbonyl (C=O) groups is 1. The van der Waals surface area contributed by atoms with Gasteiger partial charge in [-0.2, -0.15) is 0 Å². The molecule has 0 unspecified atom stereocenters. The fourth-order valence-electron chi connectivity index (χ4n) is 1.63. The van der Waals surface area contributed by atoms with Crippen molar-refractivity contribution in [3.63, 3.8) is 0 Å². The van der Waals surface area contributed by atoms with Crippen LogP contribution >= 0.6 is 11.6 Å². The smallest absolute Gasteiger partial charge is 0.285 e. The maximum atomic E-state index is 11.4. The van der Waals surface area contributed by atoms with Crippen LogP contribution in [0.3, 0.4) is 0 Å². The molecule has 0 radical (unpaired) electrons. The third-order valence-corrected chi connectivity index (χ3v) is 2.82. The van der Waals surface area contributed by atoms with Crippen molar-refractivity contribution in [3.05, 3.63) is 22.8 Å². The molecule has 1 saturated heterocycles. The molecule has 0 atom stereocenters. The summed E-state index contributed by atoms with van der Waals surface area (Å²) in [5.74, 6) is 5.28. The zero-order chi connectivity index (χ0) is 12.3. The maximum absolute atomic E-state index is 11.4. The molecule has 1 amide bonds. The Balaban J connectivity index is 2.26. The van der Waals surface area contributed by atoms with E-state index >= 15 is 0 Å². The number of halogens is 1. The molecule has 17 heavy (non-hydrogen) atoms. The lowest BCUT2D eigenvalue weighted by molar-refractivity contribution is 0.0948. The van der Waals surface area contributed by atoms with Gasteiger partial charge in [-0.3, -0.25) is 10.2 Å². The highest BCUT2D eigenvalue weighted by atomic mass is 35.5. The van der Waals surface area contributed by atoms with Crippen LogP contribution in [-0.2, 0) is 4.74 Å². The Morgan fingerprint density at radius 2 is 2.18 bits per heavy atom. The molecule has 1 aromatic heterocycles. The summed E-state index contributed by atoms with van der Waals surface area (Å²) >= 11 is 5.89. The third kappa shape index (κ3) is 2.66. The van der Waals surface area contributed by atoms with Crippen molar-refractivity contribution >= 4 is 23.3 Å². The molecule has 0 saturated carbocycles. The molecule has 6 nitrogen and oxygen atoms in total. The number of nitrogen functional groups attached to an aromatic ring is 1. The second-order valence-corrected chi connectivity index (χ2v) is 3.98. The van der Waals surface area contributed by atoms with Gasteiger partial charge in [0, 0.05) is 13.1 Å². The first kappa shape index (κ1) is 12.1. The first-order valence-electron chi connectivity index (χ1n) is 5.22. The van der Waals surface area contributed by atoms with Gasteiger partial charge in [-0.25, -0.2) is 10.8 Å². The van der Waals surface area contributed by atoms with Crippen LogP contribution in [0.15, 0.2) is 12.1 Å². The second kappa shape index (κ2) is 5.31. The van der Waals surface area contributed by atoms with E-state index < -0.39 is 5.91 Å². The lowest BCUT2D eigenvalue weighted by Gasteiger charge is -2.28. The van der Waals surface area contributed by atoms with Crippen molar-refractivity contribution in [1.29, 1.82) is 0 Å². The lowest BCUT2D eigenvalue weighted by Crippen LogP contribution is -2.37. The van der Waals surface area contributed by atoms with Crippen LogP contribution in [0.4, 0.5) is 5.82 Å². The largest absolute Gasteiger partial charge is 0.378 e. The highest BCUT2D eigenvalue weighted by molar-refractivity contribution is 6.33. The number of morpholine rings is 1. The number of nitrogens with two attached hydrogens (primary N) is 1. The third-order valence-electron chi connectivity index (χ3n) is 2.51. The van der Waals surface area contributed by atoms with Crippen LogP contribution in [0.2, 0.25) is 5.02 Å². The van der Waals surface area contributed by atoms with Gasteiger partial charge in [-0.05, 0) is 12.1 Å². The van der Waals surface area contributed by atoms with Crippen LogP contribution in [0, 0.1) is 0 Å². The second-order valence-electron chi connectivity index (χ2n) is 3.57. The number of anilines is 1. The molecule has 7 heteroatoms. The lowest BCUT2D eigenvalue weighted by atomic mass is 10.3. The van der Waals surface area contributed by atoms with Crippen molar-refractivity contribution in [2.75, 3.05) is 31.2 Å². The number of carbonyl (C=O) groups excluding carboxylic acids is 1. The Kier molecular flexibility index (Phi) is 3.78. The average molecular weight is 257 g/mol. The minimum Gasteiger partial charge on any atom is -0.378 e. The fraction of sp³-hybridized carbons (Fsp3) is 0.400. The quantitative estimate of drug-likeness (QED) is 0.448. The Bertz CT molecular complexity index is 421. The highest BCUT2D eigenvalue weighted by Gasteiger charge is 2.16. The van der Waals surface area contributed by atoms with E-state index in [1.165, 1.54) is 0 Å². The monoisotopic (exact) mass is 256 g/mol. The highest BCUT2D eigenvalue weighted by Crippen LogP contribution is 2.19. The number of nitrogens with one attached hydrogen (secondary N) is 1. The summed E-state index contributed by atoms with van der Waals surface area (Å²) in [4.78, 5) is 17.7. The van der Waals surface area contributed by atoms with Crippen LogP contribution < -0.4 is 16.2 Å². The number of amides is 1. The van der Waals surface area contributed by atoms with Crippen molar-refractivity contribution in [1.82, 2.24) is 10.4 Å². The first-order chi connectivity index (χ1) is 8.22. The van der Waals surface area contributed by atoms with Gasteiger partial charge in [0.2, 0.25) is 0 Å². The van der Waals surface area contributed by atoms with Gasteiger partial charge < -0.3 is 9.64 Å². The summed E-state index contributed by atoms with van der Waals surface area (Å²) in [6.45, 7) is 2.81. The van der Waals surface area contributed by atoms with Crippen LogP contribution in [0.25, 0.3) is 0 Å². The van der Waals surface area contributed by atoms with Crippen molar-refractivity contribution in [2.45, 2.75) is 0 Å². The van der Waals surface area contributed by atoms with Crippen LogP contribution in [0.5, 0.6) is 0 Å². The summed E-state index contributed by atoms with van der Waals surface area (Å²) in [7, 11) is 0. The number of hydrogen-bond donors (Lipinski definition) is 2. The Hall–Kier alpha value is -1.37. The summed E-state index contributed by atoms with van der Waals surface area (Å²) in [5, 5.41) is 0.282. The van der Waals surface area contributed by atoms with E-state index in [4.69, 9.17) is 22.2 Å². The van der Waals surface area contributed by atoms with E-state index in [9.17, 15) is 4.79 Å². The minimum atomic E-state index is -0.495. The number of pyridine rings is 1. The standard InChI is InChI=1S/C10H13ClN4O2/c11-7-1-2-8(13-9(7)10(16)14-12)15-3-5-17-6-4-15/h1-2H,3-6,12H2,(H,14,16). The molecule has 0 aliphatic carbocycles. The molecule has 0 aromatic carbocycles. The molecular formula is C10H13ClN4O2. The summed E-state index contributed by atoms with van der Waals surface area (Å²) in [5.41, 5.74) is 2.16. The molecule has 2 heterocycles. The molecular weight excluding hydrogens is 244 g/mol. The molecule has 1 aromatic rings. The summed E-state index contributed by atoms with van der Waals surface area (Å²) < 4.78 is 5.25. The van der Waals surface area contributed by atoms with Gasteiger partial charge >= 0.3 is 0 Å². The van der Waals surface area contributed by atoms with Crippen molar-refractivity contribution in [3.8, 4) is 0 Å². The Labute approximate surface area is 104 Å². The van der Waals surface area contributed by atoms with E-state index in [0.29, 0.717) is 19.0 Å². The van der Waals surface area contributed by atoms with Gasteiger partial charge in [0.25, 0.3) is 5.91 Å². The SMILES string of the molecule is NNC(=O)c1nc(N2CCOCC2)ccc1Cl. The molecule has 1 aliphatic heterocycles. The maximum Gasteiger partial charge on any atom is 0.285 e. The summed E-state index contributed by atoms with van der Waals surface area (Å²) in [6.07, 6.45) is 0. The van der Waals surface area contributed by atoms with Crippen LogP contribution in [0.1, 0.15) is 10.5 Å². The number of ether oxygens (including phenoxy) is 1. The molecule has 92 valence electrons. The number of hydrogen-bond acceptors (Lipinski definition) is 5. The zero-order valence-corrected chi connectivity index (χ0v) is 9.91. The molecule has 0 bridgehead atoms. The van der Waals surface area contributed by atoms with Gasteiger partial charge in [0.1, 0.15) is 5.82 Å². The van der Waals surface area contributed by atoms with Crippen molar-refractivity contribution < 1.29 is 9.53 Å². The van der Waals surface area contributed by atoms with E-state index in [0.717, 1.165) is 13.1 Å². The Morgan fingerprint density at radius 1 is 1.47 bits per heavy atom. The van der Waals surface area contributed by atoms with Gasteiger partial charge in [-0.15, -0.1) is 0 Å². The molecule has 1 aliphatic rings. The van der Waals surface area contributed by atoms with E-state index in [1.807, 2.05) is 10.3 Å². The molecule has 0 spiro atoms. The number of nitrogens with zero attached hydrogens (tertiary/aromatic N) is 2. The number of hydrazine groups is 1. The van der Waals surface area contributed by atoms with E-state index in [2.05, 4.69) is 4.98 Å². The first-order valence-corrected chi connectivity index (χ1v) is 5.60. The topological polar surface area (TPSA) is 80.5 Å². The van der Waals surface area contributed by atoms with E-state index in [-0.39, 0.29) is 10.7 Å². The molecule has 2 rings (SSSR count). The average Bonchev–Trinajstić information content (AvgIpc) is 2.39. The van der Waals surface area contributed by atoms with Crippen LogP contribution in [-0.4, -0.2) is 37.2 Å². The molecule has 1 fully saturated rings. The number of rotatable bonds is 2. The zero-order valence-electron chi connectivity index (χ0n) is 9.15. The van der Waals surface area contributed by atoms with Gasteiger partial charge in [0.15, 0.2) is 5.69 Å². The molecule has 3 N–H and O–H groups in total. The van der Waals surface area contributed by atoms with Gasteiger partial charge in [-0.1, -0.05) is 11.6 Å². The minimum absolute atomic E-state index is 0.137. The van der Waals surface area contributed by atoms with Gasteiger partial charge in [0.05, 0.1) is 18.2 Å². The number of aromatic nitrogens is 1. The fourth-order valence-corrected chi connectivity index (χ4v) is 1.82. The predicted molar refractivity (Wildman–Crippen MR) is 63.9 cm³/mol. The van der Waals surface area contributed by atoms with Crippen molar-refractivity contribution in [2.24, 2.45) is 5.84 Å². The predicted octanol–water partition coefficient (Wildman–Crippen LogP) is 0.175. The summed E-state index contributed by atoms with van der Waals surface area (Å²) in [6, 6.07) is 3.42.